The van der Waals surface area contributed by atoms with Gasteiger partial charge in [-0.15, -0.1) is 0 Å². The highest BCUT2D eigenvalue weighted by Crippen LogP contribution is 2.16. The maximum absolute atomic E-state index is 12.2. The van der Waals surface area contributed by atoms with E-state index in [9.17, 15) is 14.9 Å². The highest BCUT2D eigenvalue weighted by atomic mass is 16.6. The molecule has 0 aliphatic rings. The van der Waals surface area contributed by atoms with Gasteiger partial charge in [-0.25, -0.2) is 4.98 Å². The van der Waals surface area contributed by atoms with Gasteiger partial charge in [0.15, 0.2) is 5.78 Å². The second-order valence-electron chi connectivity index (χ2n) is 5.81. The Bertz CT molecular complexity index is 973. The Morgan fingerprint density at radius 1 is 1.19 bits per heavy atom. The fourth-order valence-electron chi connectivity index (χ4n) is 2.37. The van der Waals surface area contributed by atoms with Crippen LogP contribution in [0.1, 0.15) is 21.7 Å². The second kappa shape index (κ2) is 8.09. The van der Waals surface area contributed by atoms with Gasteiger partial charge < -0.3 is 9.30 Å². The van der Waals surface area contributed by atoms with Crippen molar-refractivity contribution < 1.29 is 14.5 Å². The summed E-state index contributed by atoms with van der Waals surface area (Å²) in [6.45, 7) is 0.344. The van der Waals surface area contributed by atoms with Crippen LogP contribution in [0.5, 0.6) is 5.75 Å². The molecule has 0 amide bonds. The van der Waals surface area contributed by atoms with Crippen molar-refractivity contribution in [3.8, 4) is 5.75 Å². The topological polar surface area (TPSA) is 87.3 Å². The fraction of sp³-hybridized carbons (Fsp3) is 0.100. The molecular formula is C20H17N3O4. The average Bonchev–Trinajstić information content (AvgIpc) is 3.10. The molecule has 136 valence electrons. The van der Waals surface area contributed by atoms with E-state index in [0.29, 0.717) is 23.5 Å². The number of aromatic nitrogens is 2. The number of ketones is 1. The molecule has 0 fully saturated rings. The summed E-state index contributed by atoms with van der Waals surface area (Å²) in [4.78, 5) is 26.6. The molecule has 2 aromatic carbocycles. The van der Waals surface area contributed by atoms with E-state index < -0.39 is 4.92 Å². The molecule has 3 rings (SSSR count). The number of allylic oxidation sites excluding steroid dienone is 1. The van der Waals surface area contributed by atoms with Gasteiger partial charge in [-0.2, -0.15) is 0 Å². The number of hydrogen-bond donors (Lipinski definition) is 0. The molecule has 7 heteroatoms. The van der Waals surface area contributed by atoms with Crippen molar-refractivity contribution in [1.29, 1.82) is 0 Å². The van der Waals surface area contributed by atoms with Crippen molar-refractivity contribution >= 4 is 17.5 Å². The number of benzene rings is 2. The summed E-state index contributed by atoms with van der Waals surface area (Å²) in [6, 6.07) is 12.8. The molecule has 0 aliphatic heterocycles. The number of carbonyl (C=O) groups excluding carboxylic acids is 1. The van der Waals surface area contributed by atoms with Crippen LogP contribution in [-0.2, 0) is 13.7 Å². The number of nitro groups is 1. The number of hydrogen-bond acceptors (Lipinski definition) is 5. The molecule has 7 nitrogen and oxygen atoms in total. The van der Waals surface area contributed by atoms with Crippen LogP contribution in [0, 0.1) is 10.1 Å². The fourth-order valence-corrected chi connectivity index (χ4v) is 2.37. The first-order chi connectivity index (χ1) is 13.0. The summed E-state index contributed by atoms with van der Waals surface area (Å²) in [5, 5.41) is 10.6. The van der Waals surface area contributed by atoms with Crippen LogP contribution in [0.3, 0.4) is 0 Å². The number of nitro benzene ring substituents is 1. The molecule has 27 heavy (non-hydrogen) atoms. The lowest BCUT2D eigenvalue weighted by atomic mass is 10.1. The van der Waals surface area contributed by atoms with Crippen LogP contribution < -0.4 is 4.74 Å². The van der Waals surface area contributed by atoms with Gasteiger partial charge in [-0.1, -0.05) is 6.08 Å². The Hall–Kier alpha value is -3.74. The van der Waals surface area contributed by atoms with Crippen LogP contribution in [0.2, 0.25) is 0 Å². The maximum atomic E-state index is 12.2. The average molecular weight is 363 g/mol. The van der Waals surface area contributed by atoms with Crippen molar-refractivity contribution in [2.24, 2.45) is 7.05 Å². The van der Waals surface area contributed by atoms with Crippen molar-refractivity contribution in [3.05, 3.63) is 94.1 Å². The van der Waals surface area contributed by atoms with E-state index in [1.807, 2.05) is 17.8 Å². The highest BCUT2D eigenvalue weighted by molar-refractivity contribution is 6.06. The van der Waals surface area contributed by atoms with E-state index >= 15 is 0 Å². The smallest absolute Gasteiger partial charge is 0.269 e. The number of nitrogens with zero attached hydrogens (tertiary/aromatic N) is 3. The van der Waals surface area contributed by atoms with Gasteiger partial charge in [0.1, 0.15) is 18.2 Å². The highest BCUT2D eigenvalue weighted by Gasteiger charge is 2.05. The predicted octanol–water partition coefficient (Wildman–Crippen LogP) is 3.80. The number of rotatable bonds is 7. The Balaban J connectivity index is 1.59. The van der Waals surface area contributed by atoms with Gasteiger partial charge in [0.25, 0.3) is 5.69 Å². The molecule has 0 N–H and O–H groups in total. The minimum absolute atomic E-state index is 0.0135. The lowest BCUT2D eigenvalue weighted by molar-refractivity contribution is -0.384. The third-order valence-electron chi connectivity index (χ3n) is 3.96. The van der Waals surface area contributed by atoms with Crippen LogP contribution >= 0.6 is 0 Å². The van der Waals surface area contributed by atoms with E-state index in [-0.39, 0.29) is 11.5 Å². The van der Waals surface area contributed by atoms with E-state index in [4.69, 9.17) is 4.74 Å². The van der Waals surface area contributed by atoms with Crippen molar-refractivity contribution in [2.45, 2.75) is 6.61 Å². The third kappa shape index (κ3) is 4.66. The molecule has 0 spiro atoms. The van der Waals surface area contributed by atoms with Gasteiger partial charge in [0, 0.05) is 37.1 Å². The molecule has 0 bridgehead atoms. The molecule has 0 saturated heterocycles. The monoisotopic (exact) mass is 363 g/mol. The molecule has 0 atom stereocenters. The van der Waals surface area contributed by atoms with Crippen LogP contribution in [0.4, 0.5) is 5.69 Å². The first kappa shape index (κ1) is 18.1. The van der Waals surface area contributed by atoms with Gasteiger partial charge >= 0.3 is 0 Å². The predicted molar refractivity (Wildman–Crippen MR) is 100 cm³/mol. The molecule has 1 heterocycles. The van der Waals surface area contributed by atoms with E-state index in [0.717, 1.165) is 5.82 Å². The molecule has 1 aromatic heterocycles. The van der Waals surface area contributed by atoms with Gasteiger partial charge in [-0.05, 0) is 48.0 Å². The molecule has 3 aromatic rings. The van der Waals surface area contributed by atoms with Crippen molar-refractivity contribution in [2.75, 3.05) is 0 Å². The molecule has 0 saturated carbocycles. The normalized spacial score (nSPS) is 10.9. The van der Waals surface area contributed by atoms with Crippen molar-refractivity contribution in [3.63, 3.8) is 0 Å². The summed E-state index contributed by atoms with van der Waals surface area (Å²) in [5.41, 5.74) is 1.25. The number of carbonyl (C=O) groups is 1. The zero-order valence-electron chi connectivity index (χ0n) is 14.6. The van der Waals surface area contributed by atoms with Gasteiger partial charge in [0.05, 0.1) is 4.92 Å². The zero-order valence-corrected chi connectivity index (χ0v) is 14.6. The lowest BCUT2D eigenvalue weighted by Gasteiger charge is -2.06. The van der Waals surface area contributed by atoms with Gasteiger partial charge in [-0.3, -0.25) is 14.9 Å². The second-order valence-corrected chi connectivity index (χ2v) is 5.81. The lowest BCUT2D eigenvalue weighted by Crippen LogP contribution is -2.03. The SMILES string of the molecule is Cn1ccnc1COc1ccc(C(=O)/C=C/c2ccc([N+](=O)[O-])cc2)cc1. The summed E-state index contributed by atoms with van der Waals surface area (Å²) in [6.07, 6.45) is 6.61. The van der Waals surface area contributed by atoms with E-state index in [1.165, 1.54) is 18.2 Å². The number of ether oxygens (including phenoxy) is 1. The Kier molecular flexibility index (Phi) is 5.41. The summed E-state index contributed by atoms with van der Waals surface area (Å²) < 4.78 is 7.53. The van der Waals surface area contributed by atoms with Crippen LogP contribution in [0.25, 0.3) is 6.08 Å². The number of aryl methyl sites for hydroxylation is 1. The largest absolute Gasteiger partial charge is 0.486 e. The number of non-ortho nitro benzene ring substituents is 1. The van der Waals surface area contributed by atoms with E-state index in [1.54, 1.807) is 48.7 Å². The van der Waals surface area contributed by atoms with E-state index in [2.05, 4.69) is 4.98 Å². The maximum Gasteiger partial charge on any atom is 0.269 e. The summed E-state index contributed by atoms with van der Waals surface area (Å²) in [7, 11) is 1.89. The minimum atomic E-state index is -0.462. The van der Waals surface area contributed by atoms with Gasteiger partial charge in [0.2, 0.25) is 0 Å². The minimum Gasteiger partial charge on any atom is -0.486 e. The molecule has 0 radical (unpaired) electrons. The van der Waals surface area contributed by atoms with Crippen LogP contribution in [0.15, 0.2) is 67.0 Å². The first-order valence-corrected chi connectivity index (χ1v) is 8.19. The Morgan fingerprint density at radius 3 is 2.48 bits per heavy atom. The first-order valence-electron chi connectivity index (χ1n) is 8.19. The third-order valence-corrected chi connectivity index (χ3v) is 3.96. The molecule has 0 aliphatic carbocycles. The Morgan fingerprint density at radius 2 is 1.89 bits per heavy atom. The molecular weight excluding hydrogens is 346 g/mol. The number of imidazole rings is 1. The molecule has 0 unspecified atom stereocenters. The Labute approximate surface area is 155 Å². The summed E-state index contributed by atoms with van der Waals surface area (Å²) >= 11 is 0. The zero-order chi connectivity index (χ0) is 19.2. The summed E-state index contributed by atoms with van der Waals surface area (Å²) in [5.74, 6) is 1.29. The standard InChI is InChI=1S/C20H17N3O4/c1-22-13-12-21-20(22)14-27-18-9-5-16(6-10-18)19(24)11-4-15-2-7-17(8-3-15)23(25)26/h2-13H,14H2,1H3/b11-4+. The van der Waals surface area contributed by atoms with Crippen molar-refractivity contribution in [1.82, 2.24) is 9.55 Å². The van der Waals surface area contributed by atoms with Crippen LogP contribution in [-0.4, -0.2) is 20.3 Å². The quantitative estimate of drug-likeness (QED) is 0.276.